The minimum absolute atomic E-state index is 0.801. The molecule has 3 nitrogen and oxygen atoms in total. The van der Waals surface area contributed by atoms with E-state index in [-0.39, 0.29) is 0 Å². The van der Waals surface area contributed by atoms with Gasteiger partial charge in [0, 0.05) is 7.05 Å². The van der Waals surface area contributed by atoms with E-state index < -0.39 is 0 Å². The maximum atomic E-state index is 5.58. The first-order valence-corrected chi connectivity index (χ1v) is 2.91. The Kier molecular flexibility index (Phi) is 1.20. The van der Waals surface area contributed by atoms with Crippen molar-refractivity contribution in [3.63, 3.8) is 0 Å². The summed E-state index contributed by atoms with van der Waals surface area (Å²) in [4.78, 5) is 0. The highest BCUT2D eigenvalue weighted by Gasteiger charge is 2.05. The Morgan fingerprint density at radius 1 is 1.67 bits per heavy atom. The summed E-state index contributed by atoms with van der Waals surface area (Å²) >= 11 is 0. The molecule has 0 aliphatic carbocycles. The SMILES string of the molecule is Cc1cc(N)[n+](C)n1C. The molecular weight excluding hydrogens is 114 g/mol. The molecule has 0 radical (unpaired) electrons. The molecular formula is C6H12N3+. The third kappa shape index (κ3) is 0.781. The van der Waals surface area contributed by atoms with Crippen molar-refractivity contribution in [2.45, 2.75) is 6.92 Å². The molecule has 0 saturated carbocycles. The fourth-order valence-electron chi connectivity index (χ4n) is 0.811. The molecule has 0 unspecified atom stereocenters. The van der Waals surface area contributed by atoms with Crippen molar-refractivity contribution in [1.29, 1.82) is 0 Å². The molecule has 0 aliphatic heterocycles. The molecule has 0 atom stereocenters. The summed E-state index contributed by atoms with van der Waals surface area (Å²) in [6, 6.07) is 1.94. The highest BCUT2D eigenvalue weighted by atomic mass is 15.4. The Balaban J connectivity index is 3.29. The van der Waals surface area contributed by atoms with E-state index in [1.54, 1.807) is 0 Å². The van der Waals surface area contributed by atoms with Gasteiger partial charge in [0.25, 0.3) is 5.82 Å². The van der Waals surface area contributed by atoms with Gasteiger partial charge in [0.05, 0.1) is 11.8 Å². The largest absolute Gasteiger partial charge is 0.292 e. The molecule has 1 rings (SSSR count). The summed E-state index contributed by atoms with van der Waals surface area (Å²) in [6.07, 6.45) is 0. The highest BCUT2D eigenvalue weighted by Crippen LogP contribution is 1.97. The maximum absolute atomic E-state index is 5.58. The van der Waals surface area contributed by atoms with Crippen LogP contribution in [0.25, 0.3) is 0 Å². The van der Waals surface area contributed by atoms with E-state index in [0.717, 1.165) is 5.82 Å². The first-order valence-electron chi connectivity index (χ1n) is 2.91. The molecule has 9 heavy (non-hydrogen) atoms. The van der Waals surface area contributed by atoms with Crippen LogP contribution >= 0.6 is 0 Å². The Morgan fingerprint density at radius 2 is 2.22 bits per heavy atom. The molecule has 0 saturated heterocycles. The van der Waals surface area contributed by atoms with Gasteiger partial charge in [-0.25, -0.2) is 4.68 Å². The van der Waals surface area contributed by atoms with Gasteiger partial charge < -0.3 is 0 Å². The summed E-state index contributed by atoms with van der Waals surface area (Å²) in [5.74, 6) is 0.801. The number of anilines is 1. The predicted octanol–water partition coefficient (Wildman–Crippen LogP) is -0.260. The molecule has 0 amide bonds. The molecule has 0 aliphatic rings. The number of nitrogens with two attached hydrogens (primary N) is 1. The van der Waals surface area contributed by atoms with Gasteiger partial charge in [-0.1, -0.05) is 0 Å². The lowest BCUT2D eigenvalue weighted by molar-refractivity contribution is -0.738. The first kappa shape index (κ1) is 6.13. The number of aromatic nitrogens is 2. The van der Waals surface area contributed by atoms with Gasteiger partial charge in [-0.3, -0.25) is 5.73 Å². The smallest absolute Gasteiger partial charge is 0.285 e. The number of nitrogens with zero attached hydrogens (tertiary/aromatic N) is 2. The number of nitrogen functional groups attached to an aromatic ring is 1. The quantitative estimate of drug-likeness (QED) is 0.477. The maximum Gasteiger partial charge on any atom is 0.292 e. The summed E-state index contributed by atoms with van der Waals surface area (Å²) in [5, 5.41) is 0. The Morgan fingerprint density at radius 3 is 2.33 bits per heavy atom. The second kappa shape index (κ2) is 1.76. The van der Waals surface area contributed by atoms with Crippen LogP contribution in [0.1, 0.15) is 5.69 Å². The topological polar surface area (TPSA) is 34.8 Å². The third-order valence-electron chi connectivity index (χ3n) is 1.69. The lowest BCUT2D eigenvalue weighted by Gasteiger charge is -1.94. The first-order chi connectivity index (χ1) is 4.13. The number of aryl methyl sites for hydroxylation is 1. The van der Waals surface area contributed by atoms with Crippen molar-refractivity contribution in [3.05, 3.63) is 11.8 Å². The molecule has 1 heterocycles. The fraction of sp³-hybridized carbons (Fsp3) is 0.500. The van der Waals surface area contributed by atoms with Crippen LogP contribution in [0.5, 0.6) is 0 Å². The van der Waals surface area contributed by atoms with Crippen LogP contribution < -0.4 is 10.4 Å². The fourth-order valence-corrected chi connectivity index (χ4v) is 0.811. The van der Waals surface area contributed by atoms with Crippen LogP contribution in [0.15, 0.2) is 6.07 Å². The van der Waals surface area contributed by atoms with Gasteiger partial charge in [0.1, 0.15) is 7.05 Å². The molecule has 1 aromatic heterocycles. The van der Waals surface area contributed by atoms with E-state index in [4.69, 9.17) is 5.73 Å². The summed E-state index contributed by atoms with van der Waals surface area (Å²) in [7, 11) is 3.91. The van der Waals surface area contributed by atoms with Crippen molar-refractivity contribution < 1.29 is 4.68 Å². The zero-order valence-electron chi connectivity index (χ0n) is 6.05. The number of hydrogen-bond donors (Lipinski definition) is 1. The van der Waals surface area contributed by atoms with Gasteiger partial charge in [-0.2, -0.15) is 4.68 Å². The van der Waals surface area contributed by atoms with E-state index in [2.05, 4.69) is 0 Å². The van der Waals surface area contributed by atoms with Crippen molar-refractivity contribution in [3.8, 4) is 0 Å². The van der Waals surface area contributed by atoms with E-state index in [0.29, 0.717) is 0 Å². The molecule has 0 aromatic carbocycles. The Labute approximate surface area is 54.7 Å². The Hall–Kier alpha value is -0.990. The van der Waals surface area contributed by atoms with Crippen LogP contribution in [0, 0.1) is 6.92 Å². The number of hydrogen-bond acceptors (Lipinski definition) is 1. The Bertz CT molecular complexity index is 202. The van der Waals surface area contributed by atoms with Gasteiger partial charge >= 0.3 is 0 Å². The summed E-state index contributed by atoms with van der Waals surface area (Å²) < 4.78 is 3.89. The van der Waals surface area contributed by atoms with E-state index >= 15 is 0 Å². The van der Waals surface area contributed by atoms with Crippen molar-refractivity contribution >= 4 is 5.82 Å². The molecule has 1 aromatic rings. The van der Waals surface area contributed by atoms with Crippen molar-refractivity contribution in [1.82, 2.24) is 4.68 Å². The summed E-state index contributed by atoms with van der Waals surface area (Å²) in [6.45, 7) is 2.02. The standard InChI is InChI=1S/C6H11N3/c1-5-4-6(7)9(3)8(5)2/h4,7H,1-3H3/p+1. The minimum Gasteiger partial charge on any atom is -0.285 e. The highest BCUT2D eigenvalue weighted by molar-refractivity contribution is 5.22. The minimum atomic E-state index is 0.801. The van der Waals surface area contributed by atoms with Gasteiger partial charge in [-0.15, -0.1) is 0 Å². The van der Waals surface area contributed by atoms with Crippen LogP contribution in [0.3, 0.4) is 0 Å². The van der Waals surface area contributed by atoms with Crippen LogP contribution in [-0.4, -0.2) is 4.68 Å². The van der Waals surface area contributed by atoms with E-state index in [1.165, 1.54) is 5.69 Å². The van der Waals surface area contributed by atoms with Crippen molar-refractivity contribution in [2.75, 3.05) is 5.73 Å². The van der Waals surface area contributed by atoms with Gasteiger partial charge in [0.2, 0.25) is 0 Å². The average molecular weight is 126 g/mol. The lowest BCUT2D eigenvalue weighted by atomic mass is 10.5. The van der Waals surface area contributed by atoms with Crippen molar-refractivity contribution in [2.24, 2.45) is 14.1 Å². The third-order valence-corrected chi connectivity index (χ3v) is 1.69. The van der Waals surface area contributed by atoms with Gasteiger partial charge in [-0.05, 0) is 6.92 Å². The zero-order valence-corrected chi connectivity index (χ0v) is 6.05. The second-order valence-corrected chi connectivity index (χ2v) is 2.26. The molecule has 0 bridgehead atoms. The number of rotatable bonds is 0. The monoisotopic (exact) mass is 126 g/mol. The van der Waals surface area contributed by atoms with Crippen LogP contribution in [0.4, 0.5) is 5.82 Å². The zero-order chi connectivity index (χ0) is 7.02. The molecule has 50 valence electrons. The molecule has 0 spiro atoms. The molecule has 2 N–H and O–H groups in total. The van der Waals surface area contributed by atoms with Gasteiger partial charge in [0.15, 0.2) is 0 Å². The lowest BCUT2D eigenvalue weighted by Crippen LogP contribution is -2.39. The molecule has 0 fully saturated rings. The average Bonchev–Trinajstić information content (AvgIpc) is 1.98. The second-order valence-electron chi connectivity index (χ2n) is 2.26. The summed E-state index contributed by atoms with van der Waals surface area (Å²) in [5.41, 5.74) is 6.76. The predicted molar refractivity (Wildman–Crippen MR) is 35.7 cm³/mol. The molecule has 3 heteroatoms. The van der Waals surface area contributed by atoms with Crippen LogP contribution in [-0.2, 0) is 14.1 Å². The van der Waals surface area contributed by atoms with E-state index in [1.807, 2.05) is 36.4 Å². The van der Waals surface area contributed by atoms with E-state index in [9.17, 15) is 0 Å². The van der Waals surface area contributed by atoms with Crippen LogP contribution in [0.2, 0.25) is 0 Å². The normalized spacial score (nSPS) is 10.1.